The summed E-state index contributed by atoms with van der Waals surface area (Å²) in [6, 6.07) is 24.9. The first-order valence-corrected chi connectivity index (χ1v) is 14.8. The Morgan fingerprint density at radius 1 is 1.02 bits per heavy atom. The first-order valence-electron chi connectivity index (χ1n) is 13.7. The lowest BCUT2D eigenvalue weighted by molar-refractivity contribution is -0.135. The van der Waals surface area contributed by atoms with Crippen molar-refractivity contribution in [2.24, 2.45) is 4.99 Å². The van der Waals surface area contributed by atoms with Crippen molar-refractivity contribution >= 4 is 40.5 Å². The van der Waals surface area contributed by atoms with Crippen LogP contribution in [0.15, 0.2) is 89.9 Å². The van der Waals surface area contributed by atoms with Gasteiger partial charge in [-0.2, -0.15) is 0 Å². The number of amidine groups is 1. The first kappa shape index (κ1) is 29.0. The number of aromatic nitrogens is 1. The summed E-state index contributed by atoms with van der Waals surface area (Å²) in [6.07, 6.45) is 0.791. The van der Waals surface area contributed by atoms with E-state index in [1.54, 1.807) is 61.5 Å². The van der Waals surface area contributed by atoms with Crippen LogP contribution in [0.1, 0.15) is 54.0 Å². The minimum atomic E-state index is -2.83. The summed E-state index contributed by atoms with van der Waals surface area (Å²) in [5.74, 6) is -0.108. The van der Waals surface area contributed by atoms with Crippen LogP contribution in [-0.2, 0) is 33.8 Å². The van der Waals surface area contributed by atoms with E-state index >= 15 is 0 Å². The van der Waals surface area contributed by atoms with Crippen LogP contribution in [0.4, 0.5) is 11.5 Å². The fraction of sp³-hybridized carbons (Fsp3) is 0.219. The number of para-hydroxylation sites is 1. The number of aliphatic imine (C=N–C) groups is 1. The lowest BCUT2D eigenvalue weighted by Gasteiger charge is -2.26. The van der Waals surface area contributed by atoms with E-state index < -0.39 is 23.1 Å². The number of nitrogens with zero attached hydrogens (tertiary/aromatic N) is 3. The highest BCUT2D eigenvalue weighted by atomic mass is 32.2. The normalized spacial score (nSPS) is 14.8. The molecule has 0 saturated carbocycles. The molecular weight excluding hydrogens is 552 g/mol. The van der Waals surface area contributed by atoms with Crippen molar-refractivity contribution in [2.75, 3.05) is 16.2 Å². The van der Waals surface area contributed by atoms with Gasteiger partial charge in [0.25, 0.3) is 5.91 Å². The van der Waals surface area contributed by atoms with Crippen molar-refractivity contribution in [1.29, 1.82) is 0 Å². The number of fused-ring (bicyclic) bond motifs is 1. The van der Waals surface area contributed by atoms with Crippen molar-refractivity contribution in [1.82, 2.24) is 4.57 Å². The molecule has 1 amide bonds. The van der Waals surface area contributed by atoms with Gasteiger partial charge in [-0.1, -0.05) is 67.6 Å². The number of amides is 1. The summed E-state index contributed by atoms with van der Waals surface area (Å²) >= 11 is -2.83. The molecule has 3 aromatic carbocycles. The molecule has 2 heterocycles. The molecule has 0 aliphatic carbocycles. The Kier molecular flexibility index (Phi) is 8.65. The molecule has 42 heavy (non-hydrogen) atoms. The van der Waals surface area contributed by atoms with Gasteiger partial charge in [0.05, 0.1) is 29.6 Å². The van der Waals surface area contributed by atoms with Gasteiger partial charge in [-0.05, 0) is 55.7 Å². The number of esters is 1. The lowest BCUT2D eigenvalue weighted by atomic mass is 10.0. The number of carbonyl (C=O) groups is 2. The van der Waals surface area contributed by atoms with Crippen LogP contribution < -0.4 is 9.62 Å². The van der Waals surface area contributed by atoms with Gasteiger partial charge in [-0.25, -0.2) is 9.10 Å². The molecule has 0 saturated heterocycles. The van der Waals surface area contributed by atoms with Crippen LogP contribution >= 0.6 is 0 Å². The van der Waals surface area contributed by atoms with Gasteiger partial charge >= 0.3 is 5.97 Å². The van der Waals surface area contributed by atoms with E-state index in [-0.39, 0.29) is 29.7 Å². The Hall–Kier alpha value is -4.54. The average molecular weight is 584 g/mol. The molecule has 0 bridgehead atoms. The molecule has 1 aliphatic rings. The Labute approximate surface area is 247 Å². The summed E-state index contributed by atoms with van der Waals surface area (Å²) in [5, 5.41) is 3.19. The molecule has 2 unspecified atom stereocenters. The molecule has 1 aliphatic heterocycles. The molecule has 0 radical (unpaired) electrons. The quantitative estimate of drug-likeness (QED) is 0.201. The predicted molar refractivity (Wildman–Crippen MR) is 163 cm³/mol. The number of anilines is 2. The van der Waals surface area contributed by atoms with Crippen molar-refractivity contribution in [3.8, 4) is 11.1 Å². The van der Waals surface area contributed by atoms with E-state index in [9.17, 15) is 18.4 Å². The van der Waals surface area contributed by atoms with E-state index in [4.69, 9.17) is 4.74 Å². The number of benzene rings is 3. The van der Waals surface area contributed by atoms with Crippen LogP contribution in [0.5, 0.6) is 0 Å². The van der Waals surface area contributed by atoms with Gasteiger partial charge in [0.1, 0.15) is 5.82 Å². The van der Waals surface area contributed by atoms with Gasteiger partial charge in [0.15, 0.2) is 0 Å². The van der Waals surface area contributed by atoms with Gasteiger partial charge < -0.3 is 19.2 Å². The number of ether oxygens (including phenoxy) is 1. The third-order valence-electron chi connectivity index (χ3n) is 7.14. The van der Waals surface area contributed by atoms with Crippen molar-refractivity contribution in [2.45, 2.75) is 39.8 Å². The minimum absolute atomic E-state index is 0.191. The zero-order valence-corrected chi connectivity index (χ0v) is 24.4. The molecule has 0 fully saturated rings. The topological polar surface area (TPSA) is 116 Å². The van der Waals surface area contributed by atoms with Crippen LogP contribution in [0.3, 0.4) is 0 Å². The molecule has 5 rings (SSSR count). The monoisotopic (exact) mass is 583 g/mol. The third-order valence-corrected chi connectivity index (χ3v) is 7.80. The van der Waals surface area contributed by atoms with E-state index in [1.165, 1.54) is 0 Å². The van der Waals surface area contributed by atoms with Crippen molar-refractivity contribution in [3.63, 3.8) is 0 Å². The van der Waals surface area contributed by atoms with Crippen LogP contribution in [0.2, 0.25) is 0 Å². The number of aryl methyl sites for hydroxylation is 1. The molecule has 4 aromatic rings. The maximum absolute atomic E-state index is 13.2. The minimum Gasteiger partial charge on any atom is -0.755 e. The van der Waals surface area contributed by atoms with Crippen LogP contribution in [0.25, 0.3) is 11.1 Å². The highest BCUT2D eigenvalue weighted by Gasteiger charge is 2.28. The van der Waals surface area contributed by atoms with Gasteiger partial charge in [-0.15, -0.1) is 0 Å². The second-order valence-electron chi connectivity index (χ2n) is 9.78. The summed E-state index contributed by atoms with van der Waals surface area (Å²) in [6.45, 7) is 6.60. The molecule has 1 N–H and O–H groups in total. The van der Waals surface area contributed by atoms with Gasteiger partial charge in [0.2, 0.25) is 5.84 Å². The maximum Gasteiger partial charge on any atom is 0.374 e. The summed E-state index contributed by atoms with van der Waals surface area (Å²) < 4.78 is 32.7. The highest BCUT2D eigenvalue weighted by Crippen LogP contribution is 2.35. The third kappa shape index (κ3) is 5.77. The summed E-state index contributed by atoms with van der Waals surface area (Å²) in [4.78, 5) is 30.1. The molecular formula is C32H31N4O5S-. The largest absolute Gasteiger partial charge is 0.755 e. The lowest BCUT2D eigenvalue weighted by Crippen LogP contribution is -2.33. The molecule has 216 valence electrons. The number of rotatable bonds is 9. The number of nitrogens with one attached hydrogen (secondary N) is 1. The highest BCUT2D eigenvalue weighted by molar-refractivity contribution is 7.81. The number of hydrogen-bond donors (Lipinski definition) is 1. The molecule has 0 spiro atoms. The van der Waals surface area contributed by atoms with Crippen molar-refractivity contribution in [3.05, 3.63) is 107 Å². The Morgan fingerprint density at radius 2 is 1.71 bits per heavy atom. The van der Waals surface area contributed by atoms with Gasteiger partial charge in [-0.3, -0.25) is 14.0 Å². The zero-order valence-electron chi connectivity index (χ0n) is 23.6. The maximum atomic E-state index is 13.2. The molecule has 1 aromatic heterocycles. The second kappa shape index (κ2) is 12.5. The Balaban J connectivity index is 1.44. The van der Waals surface area contributed by atoms with Crippen molar-refractivity contribution < 1.29 is 23.1 Å². The number of hydrogen-bond acceptors (Lipinski definition) is 7. The second-order valence-corrected chi connectivity index (χ2v) is 10.6. The summed E-state index contributed by atoms with van der Waals surface area (Å²) in [5.41, 5.74) is 5.03. The zero-order chi connectivity index (χ0) is 29.8. The van der Waals surface area contributed by atoms with Crippen LogP contribution in [-0.4, -0.2) is 37.6 Å². The van der Waals surface area contributed by atoms with E-state index in [2.05, 4.69) is 27.9 Å². The van der Waals surface area contributed by atoms with E-state index in [0.29, 0.717) is 12.1 Å². The standard InChI is InChI=1S/C32H32N4O5S/c1-4-25-19-27-21(3)33-29(32(38)41-5-2)34-30(27)35(25)20-22-15-17-23(18-16-22)26-13-9-10-14-28(26)36(42(39)40)31(37)24-11-7-6-8-12-24/h6-19,21H,4-5,20H2,1-3H3,(H,33,34)(H,39,40)/p-1. The average Bonchev–Trinajstić information content (AvgIpc) is 3.36. The summed E-state index contributed by atoms with van der Waals surface area (Å²) in [7, 11) is 0. The predicted octanol–water partition coefficient (Wildman–Crippen LogP) is 5.65. The first-order chi connectivity index (χ1) is 20.3. The smallest absolute Gasteiger partial charge is 0.374 e. The number of carbonyl (C=O) groups excluding carboxylic acids is 2. The Morgan fingerprint density at radius 3 is 2.38 bits per heavy atom. The SMILES string of the molecule is CCOC(=O)C1=NC(C)c2cc(CC)n(Cc3ccc(-c4ccccc4N(C(=O)c4ccccc4)S(=O)[O-])cc3)c2N1. The van der Waals surface area contributed by atoms with Gasteiger partial charge in [0, 0.05) is 28.9 Å². The van der Waals surface area contributed by atoms with Crippen LogP contribution in [0, 0.1) is 0 Å². The van der Waals surface area contributed by atoms with E-state index in [0.717, 1.165) is 38.9 Å². The molecule has 10 heteroatoms. The Bertz CT molecular complexity index is 1660. The fourth-order valence-electron chi connectivity index (χ4n) is 5.09. The molecule has 2 atom stereocenters. The van der Waals surface area contributed by atoms with E-state index in [1.807, 2.05) is 31.2 Å². The molecule has 9 nitrogen and oxygen atoms in total. The fourth-order valence-corrected chi connectivity index (χ4v) is 5.65.